The summed E-state index contributed by atoms with van der Waals surface area (Å²) in [6, 6.07) is 8.10. The highest BCUT2D eigenvalue weighted by atomic mass is 32.2. The summed E-state index contributed by atoms with van der Waals surface area (Å²) in [6.45, 7) is -0.506. The van der Waals surface area contributed by atoms with Crippen LogP contribution in [0.25, 0.3) is 0 Å². The van der Waals surface area contributed by atoms with E-state index in [2.05, 4.69) is 18.9 Å². The van der Waals surface area contributed by atoms with Gasteiger partial charge in [0.1, 0.15) is 11.5 Å². The molecule has 0 spiro atoms. The number of ether oxygens (including phenoxy) is 2. The second-order valence-electron chi connectivity index (χ2n) is 6.89. The summed E-state index contributed by atoms with van der Waals surface area (Å²) in [6.07, 6.45) is -9.03. The monoisotopic (exact) mass is 578 g/mol. The molecule has 0 fully saturated rings. The largest absolute Gasteiger partial charge is 0.458 e. The van der Waals surface area contributed by atoms with Gasteiger partial charge in [-0.2, -0.15) is 43.2 Å². The summed E-state index contributed by atoms with van der Waals surface area (Å²) in [5.41, 5.74) is -4.27. The van der Waals surface area contributed by atoms with Crippen molar-refractivity contribution in [1.82, 2.24) is 0 Å². The van der Waals surface area contributed by atoms with Gasteiger partial charge in [0.15, 0.2) is 11.4 Å². The molecule has 0 bridgehead atoms. The Morgan fingerprint density at radius 1 is 0.649 bits per heavy atom. The topological polar surface area (TPSA) is 130 Å². The number of hydrogen-bond donors (Lipinski definition) is 0. The van der Waals surface area contributed by atoms with E-state index < -0.39 is 61.9 Å². The zero-order valence-corrected chi connectivity index (χ0v) is 20.2. The van der Waals surface area contributed by atoms with Crippen molar-refractivity contribution in [2.24, 2.45) is 10.3 Å². The van der Waals surface area contributed by atoms with Gasteiger partial charge in [0.05, 0.1) is 12.5 Å². The van der Waals surface area contributed by atoms with Crippen LogP contribution in [0.5, 0.6) is 11.5 Å². The minimum absolute atomic E-state index is 0.0235. The summed E-state index contributed by atoms with van der Waals surface area (Å²) in [4.78, 5) is 0. The van der Waals surface area contributed by atoms with Gasteiger partial charge in [0, 0.05) is 11.1 Å². The first-order chi connectivity index (χ1) is 16.9. The third kappa shape index (κ3) is 10.2. The van der Waals surface area contributed by atoms with Gasteiger partial charge in [-0.3, -0.25) is 8.57 Å². The number of benzene rings is 2. The van der Waals surface area contributed by atoms with Crippen molar-refractivity contribution in [2.45, 2.75) is 12.4 Å². The Hall–Kier alpha value is -3.54. The molecule has 0 atom stereocenters. The lowest BCUT2D eigenvalue weighted by Crippen LogP contribution is -2.25. The molecule has 0 unspecified atom stereocenters. The van der Waals surface area contributed by atoms with Gasteiger partial charge in [-0.15, -0.1) is 0 Å². The van der Waals surface area contributed by atoms with Gasteiger partial charge in [-0.05, 0) is 48.5 Å². The fraction of sp³-hybridized carbons (Fsp3) is 0.263. The highest BCUT2D eigenvalue weighted by Gasteiger charge is 2.39. The molecule has 0 saturated carbocycles. The van der Waals surface area contributed by atoms with Crippen molar-refractivity contribution in [1.29, 1.82) is 0 Å². The Morgan fingerprint density at radius 3 is 1.19 bits per heavy atom. The first-order valence-electron chi connectivity index (χ1n) is 9.39. The summed E-state index contributed by atoms with van der Waals surface area (Å²) in [5.74, 6) is 0.0469. The number of hydrogen-bond acceptors (Lipinski definition) is 10. The normalized spacial score (nSPS) is 13.7. The minimum atomic E-state index is -5.03. The lowest BCUT2D eigenvalue weighted by atomic mass is 10.1. The van der Waals surface area contributed by atoms with Gasteiger partial charge >= 0.3 is 32.6 Å². The molecular weight excluding hydrogens is 562 g/mol. The van der Waals surface area contributed by atoms with Gasteiger partial charge in [0.2, 0.25) is 6.79 Å². The maximum absolute atomic E-state index is 13.2. The van der Waals surface area contributed by atoms with Crippen LogP contribution in [0.2, 0.25) is 0 Å². The molecule has 18 heteroatoms. The van der Waals surface area contributed by atoms with Crippen LogP contribution in [-0.2, 0) is 28.8 Å². The van der Waals surface area contributed by atoms with E-state index in [1.54, 1.807) is 0 Å². The van der Waals surface area contributed by atoms with E-state index in [-0.39, 0.29) is 11.5 Å². The van der Waals surface area contributed by atoms with Crippen LogP contribution in [0, 0.1) is 0 Å². The zero-order valence-electron chi connectivity index (χ0n) is 18.6. The average molecular weight is 578 g/mol. The van der Waals surface area contributed by atoms with Crippen molar-refractivity contribution in [3.63, 3.8) is 0 Å². The number of nitrogens with zero attached hydrogens (tertiary/aromatic N) is 2. The molecular formula is C19H16F6N2O8S2. The fourth-order valence-electron chi connectivity index (χ4n) is 2.33. The molecule has 0 aromatic heterocycles. The van der Waals surface area contributed by atoms with Crippen molar-refractivity contribution in [3.8, 4) is 11.5 Å². The van der Waals surface area contributed by atoms with E-state index in [4.69, 9.17) is 9.47 Å². The molecule has 0 aliphatic carbocycles. The van der Waals surface area contributed by atoms with Crippen LogP contribution >= 0.6 is 0 Å². The lowest BCUT2D eigenvalue weighted by molar-refractivity contribution is -0.0606. The van der Waals surface area contributed by atoms with Crippen LogP contribution in [0.1, 0.15) is 11.1 Å². The molecule has 0 aliphatic rings. The summed E-state index contributed by atoms with van der Waals surface area (Å²) in [7, 11) is -8.56. The molecule has 0 N–H and O–H groups in total. The molecule has 37 heavy (non-hydrogen) atoms. The number of oxime groups is 2. The van der Waals surface area contributed by atoms with Crippen LogP contribution in [0.4, 0.5) is 26.3 Å². The van der Waals surface area contributed by atoms with Crippen molar-refractivity contribution in [2.75, 3.05) is 19.3 Å². The van der Waals surface area contributed by atoms with Gasteiger partial charge in [0.25, 0.3) is 0 Å². The highest BCUT2D eigenvalue weighted by molar-refractivity contribution is 7.86. The van der Waals surface area contributed by atoms with E-state index in [0.29, 0.717) is 12.5 Å². The molecule has 10 nitrogen and oxygen atoms in total. The Kier molecular flexibility index (Phi) is 9.02. The van der Waals surface area contributed by atoms with Crippen LogP contribution < -0.4 is 9.47 Å². The Morgan fingerprint density at radius 2 is 0.946 bits per heavy atom. The molecule has 204 valence electrons. The molecule has 2 rings (SSSR count). The van der Waals surface area contributed by atoms with E-state index in [1.807, 2.05) is 0 Å². The first-order valence-corrected chi connectivity index (χ1v) is 13.0. The van der Waals surface area contributed by atoms with Gasteiger partial charge in [-0.1, -0.05) is 10.3 Å². The van der Waals surface area contributed by atoms with E-state index >= 15 is 0 Å². The van der Waals surface area contributed by atoms with Gasteiger partial charge < -0.3 is 9.47 Å². The van der Waals surface area contributed by atoms with E-state index in [9.17, 15) is 43.2 Å². The molecule has 0 saturated heterocycles. The standard InChI is InChI=1S/C19H16F6N2O8S2/c1-36(28,29)34-26-16(18(20,21)22)12-3-7-14(8-4-12)32-11-33-15-9-5-13(6-10-15)17(19(23,24)25)27-35-37(2,30)31/h3-10H,11H2,1-2H3/b26-16-,27-17-. The molecule has 0 radical (unpaired) electrons. The van der Waals surface area contributed by atoms with Crippen molar-refractivity contribution >= 4 is 31.7 Å². The second kappa shape index (κ2) is 11.2. The minimum Gasteiger partial charge on any atom is -0.458 e. The quantitative estimate of drug-likeness (QED) is 0.181. The van der Waals surface area contributed by atoms with E-state index in [1.165, 1.54) is 0 Å². The second-order valence-corrected chi connectivity index (χ2v) is 10.0. The highest BCUT2D eigenvalue weighted by Crippen LogP contribution is 2.26. The molecule has 0 aliphatic heterocycles. The van der Waals surface area contributed by atoms with E-state index in [0.717, 1.165) is 48.5 Å². The third-order valence-electron chi connectivity index (χ3n) is 3.77. The van der Waals surface area contributed by atoms with Crippen molar-refractivity contribution in [3.05, 3.63) is 59.7 Å². The van der Waals surface area contributed by atoms with Crippen LogP contribution in [-0.4, -0.2) is 59.9 Å². The lowest BCUT2D eigenvalue weighted by Gasteiger charge is -2.12. The smallest absolute Gasteiger partial charge is 0.437 e. The SMILES string of the molecule is CS(=O)(=O)O/N=C(/c1ccc(OCOc2ccc(/C(=N/OS(C)(=O)=O)C(F)(F)F)cc2)cc1)C(F)(F)F. The average Bonchev–Trinajstić information content (AvgIpc) is 2.72. The number of alkyl halides is 6. The van der Waals surface area contributed by atoms with Crippen LogP contribution in [0.3, 0.4) is 0 Å². The Labute approximate surface area is 206 Å². The first kappa shape index (κ1) is 29.7. The summed E-state index contributed by atoms with van der Waals surface area (Å²) < 4.78 is 141. The predicted molar refractivity (Wildman–Crippen MR) is 116 cm³/mol. The molecule has 0 heterocycles. The molecule has 0 amide bonds. The zero-order chi connectivity index (χ0) is 28.1. The Balaban J connectivity index is 2.06. The summed E-state index contributed by atoms with van der Waals surface area (Å²) in [5, 5.41) is 5.30. The molecule has 2 aromatic rings. The number of halogens is 6. The molecule has 2 aromatic carbocycles. The van der Waals surface area contributed by atoms with Crippen molar-refractivity contribution < 1.29 is 61.2 Å². The predicted octanol–water partition coefficient (Wildman–Crippen LogP) is 3.59. The fourth-order valence-corrected chi connectivity index (χ4v) is 2.75. The maximum Gasteiger partial charge on any atom is 0.437 e. The Bertz CT molecular complexity index is 1250. The van der Waals surface area contributed by atoms with Crippen LogP contribution in [0.15, 0.2) is 58.8 Å². The third-order valence-corrected chi connectivity index (χ3v) is 4.46. The summed E-state index contributed by atoms with van der Waals surface area (Å²) >= 11 is 0. The van der Waals surface area contributed by atoms with Gasteiger partial charge in [-0.25, -0.2) is 0 Å². The number of rotatable bonds is 10. The maximum atomic E-state index is 13.2.